The zero-order valence-corrected chi connectivity index (χ0v) is 12.4. The van der Waals surface area contributed by atoms with Crippen LogP contribution in [0.2, 0.25) is 0 Å². The van der Waals surface area contributed by atoms with E-state index in [1.54, 1.807) is 0 Å². The van der Waals surface area contributed by atoms with Crippen molar-refractivity contribution in [3.63, 3.8) is 0 Å². The van der Waals surface area contributed by atoms with E-state index >= 15 is 0 Å². The van der Waals surface area contributed by atoms with E-state index in [4.69, 9.17) is 5.11 Å². The van der Waals surface area contributed by atoms with E-state index in [9.17, 15) is 0 Å². The second-order valence-corrected chi connectivity index (χ2v) is 5.14. The Labute approximate surface area is 113 Å². The zero-order chi connectivity index (χ0) is 13.4. The summed E-state index contributed by atoms with van der Waals surface area (Å²) in [4.78, 5) is 7.45. The van der Waals surface area contributed by atoms with Crippen LogP contribution < -0.4 is 0 Å². The smallest absolute Gasteiger partial charge is 0.0558 e. The van der Waals surface area contributed by atoms with Gasteiger partial charge in [-0.2, -0.15) is 0 Å². The van der Waals surface area contributed by atoms with Gasteiger partial charge in [0.25, 0.3) is 0 Å². The first-order chi connectivity index (χ1) is 8.79. The van der Waals surface area contributed by atoms with Gasteiger partial charge in [0.2, 0.25) is 0 Å². The number of hydrogen-bond acceptors (Lipinski definition) is 4. The highest BCUT2D eigenvalue weighted by molar-refractivity contribution is 4.82. The second-order valence-electron chi connectivity index (χ2n) is 5.14. The molecule has 2 rings (SSSR count). The molecule has 2 aliphatic rings. The van der Waals surface area contributed by atoms with Crippen molar-refractivity contribution in [2.24, 2.45) is 0 Å². The fraction of sp³-hybridized carbons (Fsp3) is 1.00. The SMILES string of the molecule is CC.CN1CCC(N2CCN(CCO)CC2)CC1. The van der Waals surface area contributed by atoms with Crippen molar-refractivity contribution in [1.82, 2.24) is 14.7 Å². The normalized spacial score (nSPS) is 24.7. The maximum Gasteiger partial charge on any atom is 0.0558 e. The van der Waals surface area contributed by atoms with Crippen molar-refractivity contribution < 1.29 is 5.11 Å². The molecule has 2 fully saturated rings. The molecule has 108 valence electrons. The largest absolute Gasteiger partial charge is 0.395 e. The summed E-state index contributed by atoms with van der Waals surface area (Å²) in [6, 6.07) is 0.812. The first-order valence-corrected chi connectivity index (χ1v) is 7.55. The highest BCUT2D eigenvalue weighted by Gasteiger charge is 2.25. The predicted molar refractivity (Wildman–Crippen MR) is 77.0 cm³/mol. The van der Waals surface area contributed by atoms with Crippen molar-refractivity contribution >= 4 is 0 Å². The quantitative estimate of drug-likeness (QED) is 0.807. The first-order valence-electron chi connectivity index (χ1n) is 7.55. The van der Waals surface area contributed by atoms with E-state index in [1.165, 1.54) is 39.0 Å². The Morgan fingerprint density at radius 1 is 0.944 bits per heavy atom. The Morgan fingerprint density at radius 2 is 1.50 bits per heavy atom. The summed E-state index contributed by atoms with van der Waals surface area (Å²) < 4.78 is 0. The number of rotatable bonds is 3. The number of hydrogen-bond donors (Lipinski definition) is 1. The molecule has 0 unspecified atom stereocenters. The highest BCUT2D eigenvalue weighted by atomic mass is 16.3. The topological polar surface area (TPSA) is 30.0 Å². The maximum atomic E-state index is 8.90. The van der Waals surface area contributed by atoms with Gasteiger partial charge in [0, 0.05) is 38.8 Å². The fourth-order valence-electron chi connectivity index (χ4n) is 2.85. The molecule has 0 aliphatic carbocycles. The molecule has 0 atom stereocenters. The molecule has 18 heavy (non-hydrogen) atoms. The van der Waals surface area contributed by atoms with Crippen LogP contribution in [0.1, 0.15) is 26.7 Å². The van der Waals surface area contributed by atoms with Crippen LogP contribution in [0.15, 0.2) is 0 Å². The van der Waals surface area contributed by atoms with E-state index in [2.05, 4.69) is 21.7 Å². The highest BCUT2D eigenvalue weighted by Crippen LogP contribution is 2.17. The van der Waals surface area contributed by atoms with Gasteiger partial charge in [-0.1, -0.05) is 13.8 Å². The summed E-state index contributed by atoms with van der Waals surface area (Å²) in [6.45, 7) is 12.3. The van der Waals surface area contributed by atoms with Crippen LogP contribution in [0.3, 0.4) is 0 Å². The number of piperazine rings is 1. The molecule has 0 radical (unpaired) electrons. The Balaban J connectivity index is 0.000000771. The van der Waals surface area contributed by atoms with E-state index in [1.807, 2.05) is 13.8 Å². The van der Waals surface area contributed by atoms with E-state index in [-0.39, 0.29) is 0 Å². The van der Waals surface area contributed by atoms with Crippen LogP contribution in [0.4, 0.5) is 0 Å². The maximum absolute atomic E-state index is 8.90. The molecule has 4 heteroatoms. The summed E-state index contributed by atoms with van der Waals surface area (Å²) in [5, 5.41) is 8.90. The molecule has 0 aromatic rings. The van der Waals surface area contributed by atoms with Gasteiger partial charge >= 0.3 is 0 Å². The number of nitrogens with zero attached hydrogens (tertiary/aromatic N) is 3. The lowest BCUT2D eigenvalue weighted by Gasteiger charge is -2.42. The van der Waals surface area contributed by atoms with Gasteiger partial charge in [-0.3, -0.25) is 9.80 Å². The third-order valence-corrected chi connectivity index (χ3v) is 4.03. The fourth-order valence-corrected chi connectivity index (χ4v) is 2.85. The number of aliphatic hydroxyl groups excluding tert-OH is 1. The van der Waals surface area contributed by atoms with Gasteiger partial charge in [-0.15, -0.1) is 0 Å². The van der Waals surface area contributed by atoms with Gasteiger partial charge in [0.05, 0.1) is 6.61 Å². The van der Waals surface area contributed by atoms with Gasteiger partial charge in [-0.05, 0) is 33.0 Å². The number of β-amino-alcohol motifs (C(OH)–C–C–N with tert-alkyl or cyclic N) is 1. The lowest BCUT2D eigenvalue weighted by Crippen LogP contribution is -2.53. The Hall–Kier alpha value is -0.160. The average molecular weight is 257 g/mol. The molecule has 0 aromatic heterocycles. The minimum Gasteiger partial charge on any atom is -0.395 e. The summed E-state index contributed by atoms with van der Waals surface area (Å²) in [6.07, 6.45) is 2.66. The van der Waals surface area contributed by atoms with Crippen LogP contribution in [0.5, 0.6) is 0 Å². The van der Waals surface area contributed by atoms with E-state index in [0.29, 0.717) is 6.61 Å². The molecule has 2 saturated heterocycles. The molecular formula is C14H31N3O. The van der Waals surface area contributed by atoms with Crippen molar-refractivity contribution in [2.45, 2.75) is 32.7 Å². The van der Waals surface area contributed by atoms with Crippen molar-refractivity contribution in [1.29, 1.82) is 0 Å². The third-order valence-electron chi connectivity index (χ3n) is 4.03. The van der Waals surface area contributed by atoms with Crippen LogP contribution in [-0.2, 0) is 0 Å². The molecule has 0 saturated carbocycles. The molecule has 0 spiro atoms. The van der Waals surface area contributed by atoms with Crippen LogP contribution in [0.25, 0.3) is 0 Å². The van der Waals surface area contributed by atoms with Crippen molar-refractivity contribution in [3.05, 3.63) is 0 Å². The van der Waals surface area contributed by atoms with Crippen LogP contribution in [-0.4, -0.2) is 85.3 Å². The van der Waals surface area contributed by atoms with Gasteiger partial charge in [0.15, 0.2) is 0 Å². The van der Waals surface area contributed by atoms with Crippen LogP contribution >= 0.6 is 0 Å². The Bertz CT molecular complexity index is 197. The van der Waals surface area contributed by atoms with E-state index < -0.39 is 0 Å². The zero-order valence-electron chi connectivity index (χ0n) is 12.4. The van der Waals surface area contributed by atoms with E-state index in [0.717, 1.165) is 25.7 Å². The Morgan fingerprint density at radius 3 is 2.00 bits per heavy atom. The average Bonchev–Trinajstić information content (AvgIpc) is 2.43. The molecule has 4 nitrogen and oxygen atoms in total. The predicted octanol–water partition coefficient (Wildman–Crippen LogP) is 0.717. The van der Waals surface area contributed by atoms with Crippen molar-refractivity contribution in [3.8, 4) is 0 Å². The van der Waals surface area contributed by atoms with Gasteiger partial charge in [0.1, 0.15) is 0 Å². The number of likely N-dealkylation sites (tertiary alicyclic amines) is 1. The number of aliphatic hydroxyl groups is 1. The summed E-state index contributed by atoms with van der Waals surface area (Å²) in [5.74, 6) is 0. The minimum absolute atomic E-state index is 0.300. The first kappa shape index (κ1) is 15.9. The summed E-state index contributed by atoms with van der Waals surface area (Å²) >= 11 is 0. The molecule has 2 aliphatic heterocycles. The molecule has 0 amide bonds. The lowest BCUT2D eigenvalue weighted by atomic mass is 10.0. The minimum atomic E-state index is 0.300. The van der Waals surface area contributed by atoms with Gasteiger partial charge < -0.3 is 10.0 Å². The monoisotopic (exact) mass is 257 g/mol. The van der Waals surface area contributed by atoms with Gasteiger partial charge in [-0.25, -0.2) is 0 Å². The standard InChI is InChI=1S/C12H25N3O.C2H6/c1-13-4-2-12(3-5-13)15-8-6-14(7-9-15)10-11-16;1-2/h12,16H,2-11H2,1H3;1-2H3. The number of piperidine rings is 1. The summed E-state index contributed by atoms with van der Waals surface area (Å²) in [5.41, 5.74) is 0. The molecule has 1 N–H and O–H groups in total. The molecule has 2 heterocycles. The second kappa shape index (κ2) is 8.86. The molecule has 0 aromatic carbocycles. The summed E-state index contributed by atoms with van der Waals surface area (Å²) in [7, 11) is 2.22. The Kier molecular flexibility index (Phi) is 7.82. The molecular weight excluding hydrogens is 226 g/mol. The molecule has 0 bridgehead atoms. The van der Waals surface area contributed by atoms with Crippen LogP contribution in [0, 0.1) is 0 Å². The lowest BCUT2D eigenvalue weighted by molar-refractivity contribution is 0.0578. The third kappa shape index (κ3) is 4.84. The van der Waals surface area contributed by atoms with Crippen molar-refractivity contribution in [2.75, 3.05) is 59.5 Å².